The second-order valence-electron chi connectivity index (χ2n) is 5.20. The molecule has 0 saturated heterocycles. The summed E-state index contributed by atoms with van der Waals surface area (Å²) in [6.07, 6.45) is 4.89. The van der Waals surface area contributed by atoms with E-state index in [1.807, 2.05) is 0 Å². The largest absolute Gasteiger partial charge is 0.370 e. The van der Waals surface area contributed by atoms with Gasteiger partial charge in [-0.15, -0.1) is 12.4 Å². The van der Waals surface area contributed by atoms with Crippen LogP contribution in [-0.4, -0.2) is 28.1 Å². The van der Waals surface area contributed by atoms with Crippen LogP contribution in [0, 0.1) is 11.8 Å². The van der Waals surface area contributed by atoms with Crippen molar-refractivity contribution < 1.29 is 9.59 Å². The lowest BCUT2D eigenvalue weighted by Crippen LogP contribution is -2.29. The number of hydrogen-bond acceptors (Lipinski definition) is 4. The van der Waals surface area contributed by atoms with Gasteiger partial charge in [0.2, 0.25) is 11.8 Å². The number of amides is 2. The predicted octanol–water partition coefficient (Wildman–Crippen LogP) is 0.494. The van der Waals surface area contributed by atoms with Gasteiger partial charge in [-0.2, -0.15) is 5.10 Å². The smallest absolute Gasteiger partial charge is 0.229 e. The van der Waals surface area contributed by atoms with Crippen LogP contribution in [0.5, 0.6) is 0 Å². The number of halogens is 1. The maximum atomic E-state index is 12.2. The molecule has 0 aliphatic heterocycles. The van der Waals surface area contributed by atoms with Gasteiger partial charge >= 0.3 is 0 Å². The average Bonchev–Trinajstić information content (AvgIpc) is 3.04. The highest BCUT2D eigenvalue weighted by Crippen LogP contribution is 2.31. The lowest BCUT2D eigenvalue weighted by molar-refractivity contribution is -0.121. The third-order valence-corrected chi connectivity index (χ3v) is 3.78. The predicted molar refractivity (Wildman–Crippen MR) is 81.8 cm³/mol. The number of nitrogens with zero attached hydrogens (tertiary/aromatic N) is 2. The molecule has 2 rings (SSSR count). The minimum atomic E-state index is -0.372. The Bertz CT molecular complexity index is 491. The van der Waals surface area contributed by atoms with Crippen LogP contribution in [0.3, 0.4) is 0 Å². The Balaban J connectivity index is 0.00000220. The molecule has 0 bridgehead atoms. The summed E-state index contributed by atoms with van der Waals surface area (Å²) in [5.41, 5.74) is 10.8. The molecular formula is C13H22ClN5O2. The van der Waals surface area contributed by atoms with Crippen LogP contribution in [0.15, 0.2) is 12.3 Å². The first-order valence-electron chi connectivity index (χ1n) is 6.93. The molecule has 1 aliphatic carbocycles. The van der Waals surface area contributed by atoms with Crippen molar-refractivity contribution in [2.45, 2.75) is 32.2 Å². The number of carbonyl (C=O) groups is 2. The molecule has 0 spiro atoms. The molecule has 1 saturated carbocycles. The number of carbonyl (C=O) groups excluding carboxylic acids is 2. The van der Waals surface area contributed by atoms with Crippen molar-refractivity contribution in [3.05, 3.63) is 12.3 Å². The molecule has 0 unspecified atom stereocenters. The molecule has 1 fully saturated rings. The van der Waals surface area contributed by atoms with Crippen LogP contribution in [-0.2, 0) is 16.1 Å². The minimum absolute atomic E-state index is 0. The Kier molecular flexibility index (Phi) is 6.64. The number of nitrogens with two attached hydrogens (primary N) is 2. The first kappa shape index (κ1) is 17.5. The summed E-state index contributed by atoms with van der Waals surface area (Å²) in [7, 11) is 0. The number of nitrogens with one attached hydrogen (secondary N) is 1. The molecule has 2 amide bonds. The van der Waals surface area contributed by atoms with Crippen LogP contribution >= 0.6 is 12.4 Å². The van der Waals surface area contributed by atoms with Crippen molar-refractivity contribution in [1.82, 2.24) is 9.78 Å². The van der Waals surface area contributed by atoms with Gasteiger partial charge in [0.05, 0.1) is 0 Å². The van der Waals surface area contributed by atoms with Gasteiger partial charge in [-0.1, -0.05) is 6.42 Å². The molecule has 1 heterocycles. The van der Waals surface area contributed by atoms with E-state index >= 15 is 0 Å². The summed E-state index contributed by atoms with van der Waals surface area (Å²) in [5.74, 6) is 0.366. The maximum absolute atomic E-state index is 12.2. The van der Waals surface area contributed by atoms with E-state index in [0.717, 1.165) is 19.3 Å². The summed E-state index contributed by atoms with van der Waals surface area (Å²) in [4.78, 5) is 22.9. The molecule has 1 aromatic heterocycles. The number of aromatic nitrogens is 2. The number of rotatable bonds is 6. The zero-order valence-electron chi connectivity index (χ0n) is 11.8. The van der Waals surface area contributed by atoms with Gasteiger partial charge < -0.3 is 16.8 Å². The van der Waals surface area contributed by atoms with Crippen molar-refractivity contribution in [2.24, 2.45) is 23.3 Å². The van der Waals surface area contributed by atoms with Crippen molar-refractivity contribution in [3.8, 4) is 0 Å². The fourth-order valence-electron chi connectivity index (χ4n) is 2.66. The quantitative estimate of drug-likeness (QED) is 0.708. The number of hydrogen-bond donors (Lipinski definition) is 3. The van der Waals surface area contributed by atoms with Gasteiger partial charge in [-0.25, -0.2) is 0 Å². The molecule has 0 aromatic carbocycles. The van der Waals surface area contributed by atoms with Crippen LogP contribution in [0.25, 0.3) is 0 Å². The highest BCUT2D eigenvalue weighted by molar-refractivity contribution is 5.92. The SMILES string of the molecule is Cl.NC[C@H]1CCC[C@H]1C(=O)Nc1ccn(CCC(N)=O)n1. The van der Waals surface area contributed by atoms with Crippen LogP contribution in [0.1, 0.15) is 25.7 Å². The normalized spacial score (nSPS) is 20.8. The van der Waals surface area contributed by atoms with Gasteiger partial charge in [0.25, 0.3) is 0 Å². The number of anilines is 1. The molecule has 1 aliphatic rings. The maximum Gasteiger partial charge on any atom is 0.229 e. The Hall–Kier alpha value is -1.60. The fourth-order valence-corrected chi connectivity index (χ4v) is 2.66. The van der Waals surface area contributed by atoms with Crippen LogP contribution in [0.2, 0.25) is 0 Å². The monoisotopic (exact) mass is 315 g/mol. The van der Waals surface area contributed by atoms with Crippen molar-refractivity contribution in [1.29, 1.82) is 0 Å². The third kappa shape index (κ3) is 4.71. The minimum Gasteiger partial charge on any atom is -0.370 e. The van der Waals surface area contributed by atoms with Gasteiger partial charge in [0.1, 0.15) is 0 Å². The van der Waals surface area contributed by atoms with E-state index in [1.54, 1.807) is 16.9 Å². The van der Waals surface area contributed by atoms with Gasteiger partial charge in [0.15, 0.2) is 5.82 Å². The van der Waals surface area contributed by atoms with Crippen molar-refractivity contribution >= 4 is 30.0 Å². The molecule has 5 N–H and O–H groups in total. The topological polar surface area (TPSA) is 116 Å². The molecule has 1 aromatic rings. The standard InChI is InChI=1S/C13H21N5O2.ClH/c14-8-9-2-1-3-10(9)13(20)16-12-5-7-18(17-12)6-4-11(15)19;/h5,7,9-10H,1-4,6,8,14H2,(H2,15,19)(H,16,17,20);1H/t9-,10-;/m1./s1. The third-order valence-electron chi connectivity index (χ3n) is 3.78. The summed E-state index contributed by atoms with van der Waals surface area (Å²) in [6.45, 7) is 0.963. The number of primary amides is 1. The summed E-state index contributed by atoms with van der Waals surface area (Å²) < 4.78 is 1.59. The summed E-state index contributed by atoms with van der Waals surface area (Å²) in [6, 6.07) is 1.71. The lowest BCUT2D eigenvalue weighted by Gasteiger charge is -2.16. The van der Waals surface area contributed by atoms with Gasteiger partial charge in [0, 0.05) is 31.1 Å². The highest BCUT2D eigenvalue weighted by atomic mass is 35.5. The van der Waals surface area contributed by atoms with E-state index in [-0.39, 0.29) is 42.5 Å². The molecule has 0 radical (unpaired) electrons. The van der Waals surface area contributed by atoms with E-state index in [0.29, 0.717) is 18.9 Å². The Morgan fingerprint density at radius 1 is 1.43 bits per heavy atom. The molecular weight excluding hydrogens is 294 g/mol. The zero-order valence-corrected chi connectivity index (χ0v) is 12.6. The summed E-state index contributed by atoms with van der Waals surface area (Å²) in [5, 5.41) is 7.00. The first-order chi connectivity index (χ1) is 9.60. The van der Waals surface area contributed by atoms with E-state index in [4.69, 9.17) is 11.5 Å². The second-order valence-corrected chi connectivity index (χ2v) is 5.20. The van der Waals surface area contributed by atoms with Crippen LogP contribution < -0.4 is 16.8 Å². The highest BCUT2D eigenvalue weighted by Gasteiger charge is 2.32. The van der Waals surface area contributed by atoms with E-state index < -0.39 is 0 Å². The number of aryl methyl sites for hydroxylation is 1. The Morgan fingerprint density at radius 3 is 2.86 bits per heavy atom. The Labute approximate surface area is 129 Å². The second kappa shape index (κ2) is 7.99. The summed E-state index contributed by atoms with van der Waals surface area (Å²) >= 11 is 0. The Morgan fingerprint density at radius 2 is 2.19 bits per heavy atom. The lowest BCUT2D eigenvalue weighted by atomic mass is 9.95. The molecule has 118 valence electrons. The van der Waals surface area contributed by atoms with Crippen molar-refractivity contribution in [3.63, 3.8) is 0 Å². The molecule has 21 heavy (non-hydrogen) atoms. The zero-order chi connectivity index (χ0) is 14.5. The first-order valence-corrected chi connectivity index (χ1v) is 6.93. The van der Waals surface area contributed by atoms with Gasteiger partial charge in [-0.05, 0) is 25.3 Å². The van der Waals surface area contributed by atoms with Crippen LogP contribution in [0.4, 0.5) is 5.82 Å². The molecule has 2 atom stereocenters. The van der Waals surface area contributed by atoms with Gasteiger partial charge in [-0.3, -0.25) is 14.3 Å². The van der Waals surface area contributed by atoms with E-state index in [1.165, 1.54) is 0 Å². The van der Waals surface area contributed by atoms with Crippen molar-refractivity contribution in [2.75, 3.05) is 11.9 Å². The fraction of sp³-hybridized carbons (Fsp3) is 0.615. The molecule has 7 nitrogen and oxygen atoms in total. The van der Waals surface area contributed by atoms with E-state index in [2.05, 4.69) is 10.4 Å². The molecule has 8 heteroatoms. The average molecular weight is 316 g/mol. The van der Waals surface area contributed by atoms with E-state index in [9.17, 15) is 9.59 Å².